The highest BCUT2D eigenvalue weighted by Gasteiger charge is 2.43. The largest absolute Gasteiger partial charge is 0.481 e. The van der Waals surface area contributed by atoms with Gasteiger partial charge in [0.05, 0.1) is 17.7 Å². The molecular weight excluding hydrogens is 306 g/mol. The molecule has 1 unspecified atom stereocenters. The Bertz CT molecular complexity index is 560. The van der Waals surface area contributed by atoms with E-state index in [1.54, 1.807) is 6.26 Å². The van der Waals surface area contributed by atoms with Crippen molar-refractivity contribution in [2.45, 2.75) is 70.3 Å². The van der Waals surface area contributed by atoms with E-state index in [9.17, 15) is 14.7 Å². The highest BCUT2D eigenvalue weighted by Crippen LogP contribution is 2.41. The maximum absolute atomic E-state index is 13.1. The molecule has 0 spiro atoms. The third-order valence-electron chi connectivity index (χ3n) is 5.70. The topological polar surface area (TPSA) is 70.8 Å². The number of rotatable bonds is 4. The van der Waals surface area contributed by atoms with Crippen molar-refractivity contribution in [1.29, 1.82) is 0 Å². The van der Waals surface area contributed by atoms with Crippen molar-refractivity contribution in [3.8, 4) is 0 Å². The molecule has 1 aliphatic heterocycles. The van der Waals surface area contributed by atoms with E-state index in [0.717, 1.165) is 50.7 Å². The number of carboxylic acid groups (broad SMARTS) is 1. The van der Waals surface area contributed by atoms with E-state index in [2.05, 4.69) is 0 Å². The zero-order chi connectivity index (χ0) is 17.0. The van der Waals surface area contributed by atoms with Crippen LogP contribution in [-0.2, 0) is 9.59 Å². The van der Waals surface area contributed by atoms with Crippen molar-refractivity contribution in [3.63, 3.8) is 0 Å². The van der Waals surface area contributed by atoms with Gasteiger partial charge in [0.15, 0.2) is 0 Å². The van der Waals surface area contributed by atoms with Gasteiger partial charge in [-0.2, -0.15) is 0 Å². The van der Waals surface area contributed by atoms with Crippen LogP contribution in [0.3, 0.4) is 0 Å². The van der Waals surface area contributed by atoms with E-state index in [0.29, 0.717) is 19.4 Å². The van der Waals surface area contributed by atoms with Crippen LogP contribution in [0.15, 0.2) is 22.8 Å². The molecule has 1 aromatic rings. The standard InChI is InChI=1S/C19H27NO4/c21-17(14-19(18(22)23)10-4-2-5-11-19)20-12-6-1-3-8-15(20)16-9-7-13-24-16/h7,9,13,15H,1-6,8,10-12,14H2,(H,22,23). The highest BCUT2D eigenvalue weighted by atomic mass is 16.4. The van der Waals surface area contributed by atoms with Crippen LogP contribution < -0.4 is 0 Å². The molecule has 2 heterocycles. The van der Waals surface area contributed by atoms with Crippen LogP contribution in [0.5, 0.6) is 0 Å². The summed E-state index contributed by atoms with van der Waals surface area (Å²) in [4.78, 5) is 26.8. The fraction of sp³-hybridized carbons (Fsp3) is 0.684. The second-order valence-corrected chi connectivity index (χ2v) is 7.29. The Morgan fingerprint density at radius 3 is 2.58 bits per heavy atom. The van der Waals surface area contributed by atoms with Crippen LogP contribution in [0.25, 0.3) is 0 Å². The summed E-state index contributed by atoms with van der Waals surface area (Å²) in [6.45, 7) is 0.694. The molecule has 1 aromatic heterocycles. The summed E-state index contributed by atoms with van der Waals surface area (Å²) in [5.41, 5.74) is -0.866. The minimum Gasteiger partial charge on any atom is -0.481 e. The Kier molecular flexibility index (Phi) is 5.27. The molecule has 1 amide bonds. The predicted octanol–water partition coefficient (Wildman–Crippen LogP) is 4.15. The summed E-state index contributed by atoms with van der Waals surface area (Å²) in [5, 5.41) is 9.75. The third-order valence-corrected chi connectivity index (χ3v) is 5.70. The molecule has 1 saturated carbocycles. The van der Waals surface area contributed by atoms with E-state index < -0.39 is 11.4 Å². The smallest absolute Gasteiger partial charge is 0.310 e. The summed E-state index contributed by atoms with van der Waals surface area (Å²) >= 11 is 0. The molecule has 3 rings (SSSR count). The van der Waals surface area contributed by atoms with Gasteiger partial charge in [0.1, 0.15) is 5.76 Å². The van der Waals surface area contributed by atoms with Gasteiger partial charge in [0.2, 0.25) is 5.91 Å². The van der Waals surface area contributed by atoms with Crippen LogP contribution in [0.2, 0.25) is 0 Å². The lowest BCUT2D eigenvalue weighted by Crippen LogP contribution is -2.42. The molecular formula is C19H27NO4. The van der Waals surface area contributed by atoms with E-state index in [4.69, 9.17) is 4.42 Å². The molecule has 2 fully saturated rings. The summed E-state index contributed by atoms with van der Waals surface area (Å²) in [5.74, 6) is -0.0132. The molecule has 5 heteroatoms. The second kappa shape index (κ2) is 7.41. The average Bonchev–Trinajstić information content (AvgIpc) is 2.99. The van der Waals surface area contributed by atoms with Crippen molar-refractivity contribution < 1.29 is 19.1 Å². The van der Waals surface area contributed by atoms with E-state index in [-0.39, 0.29) is 18.4 Å². The van der Waals surface area contributed by atoms with Gasteiger partial charge >= 0.3 is 5.97 Å². The maximum Gasteiger partial charge on any atom is 0.310 e. The molecule has 1 saturated heterocycles. The molecule has 0 bridgehead atoms. The molecule has 0 radical (unpaired) electrons. The molecule has 1 atom stereocenters. The Morgan fingerprint density at radius 1 is 1.17 bits per heavy atom. The first-order valence-electron chi connectivity index (χ1n) is 9.19. The molecule has 1 N–H and O–H groups in total. The Morgan fingerprint density at radius 2 is 1.92 bits per heavy atom. The van der Waals surface area contributed by atoms with E-state index in [1.165, 1.54) is 0 Å². The number of hydrogen-bond acceptors (Lipinski definition) is 3. The average molecular weight is 333 g/mol. The Balaban J connectivity index is 1.79. The van der Waals surface area contributed by atoms with Crippen molar-refractivity contribution in [2.24, 2.45) is 5.41 Å². The first-order valence-corrected chi connectivity index (χ1v) is 9.19. The van der Waals surface area contributed by atoms with Gasteiger partial charge < -0.3 is 14.4 Å². The lowest BCUT2D eigenvalue weighted by Gasteiger charge is -2.36. The van der Waals surface area contributed by atoms with Gasteiger partial charge in [-0.3, -0.25) is 9.59 Å². The zero-order valence-corrected chi connectivity index (χ0v) is 14.2. The van der Waals surface area contributed by atoms with Crippen molar-refractivity contribution >= 4 is 11.9 Å². The maximum atomic E-state index is 13.1. The fourth-order valence-corrected chi connectivity index (χ4v) is 4.27. The molecule has 24 heavy (non-hydrogen) atoms. The minimum absolute atomic E-state index is 0.0254. The number of hydrogen-bond donors (Lipinski definition) is 1. The summed E-state index contributed by atoms with van der Waals surface area (Å²) < 4.78 is 5.56. The first-order chi connectivity index (χ1) is 11.6. The van der Waals surface area contributed by atoms with Gasteiger partial charge in [-0.15, -0.1) is 0 Å². The first kappa shape index (κ1) is 17.1. The monoisotopic (exact) mass is 333 g/mol. The van der Waals surface area contributed by atoms with Gasteiger partial charge in [0.25, 0.3) is 0 Å². The number of carbonyl (C=O) groups is 2. The van der Waals surface area contributed by atoms with Gasteiger partial charge in [0, 0.05) is 13.0 Å². The number of carboxylic acids is 1. The lowest BCUT2D eigenvalue weighted by atomic mass is 9.71. The van der Waals surface area contributed by atoms with Gasteiger partial charge in [-0.1, -0.05) is 32.1 Å². The second-order valence-electron chi connectivity index (χ2n) is 7.29. The number of aliphatic carboxylic acids is 1. The van der Waals surface area contributed by atoms with Crippen LogP contribution in [0, 0.1) is 5.41 Å². The molecule has 2 aliphatic rings. The Labute approximate surface area is 143 Å². The minimum atomic E-state index is -0.866. The number of nitrogens with zero attached hydrogens (tertiary/aromatic N) is 1. The van der Waals surface area contributed by atoms with E-state index >= 15 is 0 Å². The number of carbonyl (C=O) groups excluding carboxylic acids is 1. The van der Waals surface area contributed by atoms with Crippen LogP contribution >= 0.6 is 0 Å². The highest BCUT2D eigenvalue weighted by molar-refractivity contribution is 5.85. The van der Waals surface area contributed by atoms with Crippen molar-refractivity contribution in [1.82, 2.24) is 4.90 Å². The fourth-order valence-electron chi connectivity index (χ4n) is 4.27. The van der Waals surface area contributed by atoms with Crippen LogP contribution in [0.4, 0.5) is 0 Å². The van der Waals surface area contributed by atoms with E-state index in [1.807, 2.05) is 17.0 Å². The zero-order valence-electron chi connectivity index (χ0n) is 14.2. The number of furan rings is 1. The SMILES string of the molecule is O=C(CC1(C(=O)O)CCCCC1)N1CCCCCC1c1ccco1. The lowest BCUT2D eigenvalue weighted by molar-refractivity contribution is -0.156. The normalized spacial score (nSPS) is 24.3. The summed E-state index contributed by atoms with van der Waals surface area (Å²) in [6, 6.07) is 3.72. The predicted molar refractivity (Wildman–Crippen MR) is 89.4 cm³/mol. The Hall–Kier alpha value is -1.78. The summed E-state index contributed by atoms with van der Waals surface area (Å²) in [6.07, 6.45) is 9.92. The molecule has 132 valence electrons. The molecule has 5 nitrogen and oxygen atoms in total. The van der Waals surface area contributed by atoms with Gasteiger partial charge in [-0.05, 0) is 37.8 Å². The van der Waals surface area contributed by atoms with Gasteiger partial charge in [-0.25, -0.2) is 0 Å². The van der Waals surface area contributed by atoms with Crippen LogP contribution in [0.1, 0.15) is 76.0 Å². The van der Waals surface area contributed by atoms with Crippen molar-refractivity contribution in [3.05, 3.63) is 24.2 Å². The van der Waals surface area contributed by atoms with Crippen molar-refractivity contribution in [2.75, 3.05) is 6.54 Å². The third kappa shape index (κ3) is 3.50. The number of likely N-dealkylation sites (tertiary alicyclic amines) is 1. The quantitative estimate of drug-likeness (QED) is 0.898. The molecule has 1 aliphatic carbocycles. The molecule has 0 aromatic carbocycles. The van der Waals surface area contributed by atoms with Crippen LogP contribution in [-0.4, -0.2) is 28.4 Å². The summed E-state index contributed by atoms with van der Waals surface area (Å²) in [7, 11) is 0. The number of amides is 1.